The monoisotopic (exact) mass is 639 g/mol. The van der Waals surface area contributed by atoms with Crippen molar-refractivity contribution in [2.45, 2.75) is 25.3 Å². The number of nitrogens with one attached hydrogen (secondary N) is 1. The van der Waals surface area contributed by atoms with Crippen molar-refractivity contribution in [3.8, 4) is 11.1 Å². The van der Waals surface area contributed by atoms with Crippen LogP contribution in [0, 0.1) is 0 Å². The van der Waals surface area contributed by atoms with Crippen LogP contribution < -0.4 is 5.32 Å². The Balaban J connectivity index is 1.33. The summed E-state index contributed by atoms with van der Waals surface area (Å²) in [5.41, 5.74) is 13.3. The molecule has 50 heavy (non-hydrogen) atoms. The normalized spacial score (nSPS) is 17.1. The van der Waals surface area contributed by atoms with Gasteiger partial charge in [0.15, 0.2) is 5.82 Å². The van der Waals surface area contributed by atoms with E-state index in [4.69, 9.17) is 4.99 Å². The molecule has 0 spiro atoms. The lowest BCUT2D eigenvalue weighted by Gasteiger charge is -2.32. The van der Waals surface area contributed by atoms with Crippen molar-refractivity contribution < 1.29 is 0 Å². The molecule has 2 heterocycles. The molecule has 236 valence electrons. The molecule has 3 aliphatic rings. The Hall–Kier alpha value is -6.19. The third-order valence-electron chi connectivity index (χ3n) is 11.4. The molecule has 8 aromatic rings. The molecule has 1 aliphatic heterocycles. The number of hydrogen-bond acceptors (Lipinski definition) is 2. The zero-order valence-corrected chi connectivity index (χ0v) is 27.9. The van der Waals surface area contributed by atoms with Gasteiger partial charge in [-0.15, -0.1) is 0 Å². The summed E-state index contributed by atoms with van der Waals surface area (Å²) in [4.78, 5) is 5.72. The Bertz CT molecular complexity index is 2870. The van der Waals surface area contributed by atoms with Gasteiger partial charge in [0.2, 0.25) is 0 Å². The second-order valence-electron chi connectivity index (χ2n) is 14.4. The molecule has 3 heteroatoms. The number of aliphatic imine (C=N–C) groups is 1. The van der Waals surface area contributed by atoms with Gasteiger partial charge in [-0.2, -0.15) is 0 Å². The number of fused-ring (bicyclic) bond motifs is 12. The minimum atomic E-state index is -0.128. The standard InChI is InChI=1S/C47H33N3/c1-47(2)38-21-10-9-19-36(38)42-39(47)24-23-35-37-26-30-14-3-4-15-31(30)27-41(37)50(45(35)42)46-44(34-20-11-16-28-12-5-7-17-32(28)34)49-43-33-18-8-6-13-29(33)22-25-40(43)48-46/h3-27,43,49H,1-2H3. The summed E-state index contributed by atoms with van der Waals surface area (Å²) in [5.74, 6) is 0.919. The van der Waals surface area contributed by atoms with Crippen molar-refractivity contribution in [2.75, 3.05) is 0 Å². The van der Waals surface area contributed by atoms with Crippen LogP contribution in [0.4, 0.5) is 0 Å². The zero-order chi connectivity index (χ0) is 33.1. The van der Waals surface area contributed by atoms with Gasteiger partial charge in [0.1, 0.15) is 0 Å². The first-order valence-corrected chi connectivity index (χ1v) is 17.5. The molecular formula is C47H33N3. The lowest BCUT2D eigenvalue weighted by atomic mass is 9.82. The van der Waals surface area contributed by atoms with E-state index < -0.39 is 0 Å². The first-order valence-electron chi connectivity index (χ1n) is 17.5. The Kier molecular flexibility index (Phi) is 5.51. The van der Waals surface area contributed by atoms with Gasteiger partial charge >= 0.3 is 0 Å². The number of hydrogen-bond donors (Lipinski definition) is 1. The summed E-state index contributed by atoms with van der Waals surface area (Å²) >= 11 is 0. The molecule has 1 atom stereocenters. The number of benzene rings is 7. The maximum absolute atomic E-state index is 5.72. The maximum atomic E-state index is 5.72. The van der Waals surface area contributed by atoms with Crippen LogP contribution in [0.5, 0.6) is 0 Å². The lowest BCUT2D eigenvalue weighted by molar-refractivity contribution is 0.661. The van der Waals surface area contributed by atoms with Gasteiger partial charge in [-0.25, -0.2) is 4.99 Å². The average Bonchev–Trinajstić information content (AvgIpc) is 3.60. The second kappa shape index (κ2) is 9.93. The van der Waals surface area contributed by atoms with Gasteiger partial charge in [-0.1, -0.05) is 147 Å². The molecule has 1 N–H and O–H groups in total. The summed E-state index contributed by atoms with van der Waals surface area (Å²) in [6, 6.07) is 51.1. The van der Waals surface area contributed by atoms with E-state index in [2.05, 4.69) is 175 Å². The Morgan fingerprint density at radius 3 is 2.22 bits per heavy atom. The molecular weight excluding hydrogens is 607 g/mol. The molecule has 7 aromatic carbocycles. The van der Waals surface area contributed by atoms with Crippen molar-refractivity contribution in [1.29, 1.82) is 0 Å². The van der Waals surface area contributed by atoms with Crippen LogP contribution >= 0.6 is 0 Å². The summed E-state index contributed by atoms with van der Waals surface area (Å²) in [6.07, 6.45) is 4.41. The molecule has 3 nitrogen and oxygen atoms in total. The smallest absolute Gasteiger partial charge is 0.162 e. The van der Waals surface area contributed by atoms with Crippen molar-refractivity contribution in [2.24, 2.45) is 4.99 Å². The predicted octanol–water partition coefficient (Wildman–Crippen LogP) is 11.5. The van der Waals surface area contributed by atoms with Crippen molar-refractivity contribution in [3.05, 3.63) is 173 Å². The van der Waals surface area contributed by atoms with Crippen molar-refractivity contribution in [3.63, 3.8) is 0 Å². The van der Waals surface area contributed by atoms with Gasteiger partial charge < -0.3 is 5.32 Å². The third kappa shape index (κ3) is 3.67. The Labute approximate surface area is 290 Å². The molecule has 0 saturated heterocycles. The van der Waals surface area contributed by atoms with Crippen molar-refractivity contribution >= 4 is 66.7 Å². The van der Waals surface area contributed by atoms with E-state index in [1.165, 1.54) is 71.2 Å². The minimum Gasteiger partial charge on any atom is -0.369 e. The number of nitrogens with zero attached hydrogens (tertiary/aromatic N) is 2. The quantitative estimate of drug-likeness (QED) is 0.200. The summed E-state index contributed by atoms with van der Waals surface area (Å²) < 4.78 is 2.48. The molecule has 0 saturated carbocycles. The molecule has 11 rings (SSSR count). The fourth-order valence-corrected chi connectivity index (χ4v) is 9.00. The van der Waals surface area contributed by atoms with Crippen molar-refractivity contribution in [1.82, 2.24) is 9.88 Å². The first-order chi connectivity index (χ1) is 24.6. The highest BCUT2D eigenvalue weighted by Gasteiger charge is 2.39. The van der Waals surface area contributed by atoms with E-state index in [1.54, 1.807) is 0 Å². The fraction of sp³-hybridized carbons (Fsp3) is 0.0851. The van der Waals surface area contributed by atoms with Gasteiger partial charge in [0.05, 0.1) is 28.5 Å². The highest BCUT2D eigenvalue weighted by Crippen LogP contribution is 2.53. The van der Waals surface area contributed by atoms with Gasteiger partial charge in [-0.3, -0.25) is 4.57 Å². The lowest BCUT2D eigenvalue weighted by Crippen LogP contribution is -2.33. The van der Waals surface area contributed by atoms with Crippen LogP contribution in [0.25, 0.3) is 72.1 Å². The average molecular weight is 640 g/mol. The van der Waals surface area contributed by atoms with Gasteiger partial charge in [0, 0.05) is 27.3 Å². The summed E-state index contributed by atoms with van der Waals surface area (Å²) in [7, 11) is 0. The second-order valence-corrected chi connectivity index (χ2v) is 14.4. The fourth-order valence-electron chi connectivity index (χ4n) is 9.00. The minimum absolute atomic E-state index is 0.0618. The van der Waals surface area contributed by atoms with Crippen LogP contribution in [-0.2, 0) is 5.41 Å². The number of aromatic nitrogens is 1. The topological polar surface area (TPSA) is 29.3 Å². The molecule has 2 aliphatic carbocycles. The summed E-state index contributed by atoms with van der Waals surface area (Å²) in [6.45, 7) is 4.73. The van der Waals surface area contributed by atoms with E-state index in [-0.39, 0.29) is 11.5 Å². The molecule has 0 fully saturated rings. The Morgan fingerprint density at radius 2 is 1.32 bits per heavy atom. The van der Waals surface area contributed by atoms with E-state index in [1.807, 2.05) is 0 Å². The van der Waals surface area contributed by atoms with E-state index >= 15 is 0 Å². The van der Waals surface area contributed by atoms with E-state index in [0.29, 0.717) is 0 Å². The summed E-state index contributed by atoms with van der Waals surface area (Å²) in [5, 5.41) is 11.5. The SMILES string of the molecule is CC1(C)c2ccccc2-c2c1ccc1c3cc4ccccc4cc3n(C3=C(c4cccc5ccccc45)NC4C(=N3)C=Cc3ccccc34)c21. The Morgan fingerprint density at radius 1 is 0.600 bits per heavy atom. The third-order valence-corrected chi connectivity index (χ3v) is 11.4. The van der Waals surface area contributed by atoms with E-state index in [9.17, 15) is 0 Å². The van der Waals surface area contributed by atoms with Crippen LogP contribution in [0.2, 0.25) is 0 Å². The van der Waals surface area contributed by atoms with Gasteiger partial charge in [-0.05, 0) is 67.6 Å². The predicted molar refractivity (Wildman–Crippen MR) is 210 cm³/mol. The van der Waals surface area contributed by atoms with Gasteiger partial charge in [0.25, 0.3) is 0 Å². The largest absolute Gasteiger partial charge is 0.369 e. The van der Waals surface area contributed by atoms with Crippen LogP contribution in [-0.4, -0.2) is 10.3 Å². The zero-order valence-electron chi connectivity index (χ0n) is 27.9. The highest BCUT2D eigenvalue weighted by molar-refractivity contribution is 6.21. The molecule has 0 bridgehead atoms. The first kappa shape index (κ1) is 27.7. The highest BCUT2D eigenvalue weighted by atomic mass is 15.2. The van der Waals surface area contributed by atoms with Crippen LogP contribution in [0.3, 0.4) is 0 Å². The molecule has 0 radical (unpaired) electrons. The molecule has 1 aromatic heterocycles. The maximum Gasteiger partial charge on any atom is 0.162 e. The van der Waals surface area contributed by atoms with E-state index in [0.717, 1.165) is 28.3 Å². The number of rotatable bonds is 2. The van der Waals surface area contributed by atoms with Crippen LogP contribution in [0.15, 0.2) is 151 Å². The van der Waals surface area contributed by atoms with Crippen LogP contribution in [0.1, 0.15) is 47.7 Å². The molecule has 1 unspecified atom stereocenters. The molecule has 0 amide bonds.